The van der Waals surface area contributed by atoms with E-state index in [9.17, 15) is 4.79 Å². The lowest BCUT2D eigenvalue weighted by Gasteiger charge is -2.04. The average Bonchev–Trinajstić information content (AvgIpc) is 2.83. The first-order valence-electron chi connectivity index (χ1n) is 7.31. The van der Waals surface area contributed by atoms with Gasteiger partial charge < -0.3 is 9.78 Å². The van der Waals surface area contributed by atoms with Crippen LogP contribution in [0.1, 0.15) is 24.5 Å². The van der Waals surface area contributed by atoms with Gasteiger partial charge in [0.15, 0.2) is 0 Å². The molecule has 0 saturated carbocycles. The molecule has 0 aliphatic rings. The summed E-state index contributed by atoms with van der Waals surface area (Å²) in [4.78, 5) is 14.9. The molecule has 0 amide bonds. The van der Waals surface area contributed by atoms with Crippen LogP contribution in [0, 0.1) is 6.92 Å². The second-order valence-electron chi connectivity index (χ2n) is 5.60. The van der Waals surface area contributed by atoms with Gasteiger partial charge in [0.1, 0.15) is 5.78 Å². The maximum absolute atomic E-state index is 11.4. The quantitative estimate of drug-likeness (QED) is 0.739. The molecule has 1 aromatic heterocycles. The van der Waals surface area contributed by atoms with E-state index in [1.165, 1.54) is 22.1 Å². The third kappa shape index (κ3) is 2.75. The molecule has 0 unspecified atom stereocenters. The van der Waals surface area contributed by atoms with Gasteiger partial charge in [0.2, 0.25) is 0 Å². The van der Waals surface area contributed by atoms with E-state index < -0.39 is 0 Å². The Morgan fingerprint density at radius 1 is 1.10 bits per heavy atom. The molecule has 0 bridgehead atoms. The number of rotatable bonds is 4. The van der Waals surface area contributed by atoms with Gasteiger partial charge in [-0.2, -0.15) is 0 Å². The first kappa shape index (κ1) is 13.6. The lowest BCUT2D eigenvalue weighted by molar-refractivity contribution is -0.116. The van der Waals surface area contributed by atoms with Crippen molar-refractivity contribution < 1.29 is 4.79 Å². The van der Waals surface area contributed by atoms with Gasteiger partial charge >= 0.3 is 0 Å². The lowest BCUT2D eigenvalue weighted by Crippen LogP contribution is -1.95. The Bertz CT molecular complexity index is 784. The third-order valence-corrected chi connectivity index (χ3v) is 3.85. The van der Waals surface area contributed by atoms with E-state index in [0.29, 0.717) is 6.42 Å². The van der Waals surface area contributed by atoms with E-state index in [4.69, 9.17) is 0 Å². The summed E-state index contributed by atoms with van der Waals surface area (Å²) in [5.74, 6) is 0.232. The fourth-order valence-corrected chi connectivity index (χ4v) is 2.78. The predicted octanol–water partition coefficient (Wildman–Crippen LogP) is 4.66. The molecular weight excluding hydrogens is 258 g/mol. The van der Waals surface area contributed by atoms with Crippen LogP contribution >= 0.6 is 0 Å². The number of hydrogen-bond donors (Lipinski definition) is 1. The van der Waals surface area contributed by atoms with Gasteiger partial charge in [0, 0.05) is 23.0 Å². The number of aryl methyl sites for hydroxylation is 2. The van der Waals surface area contributed by atoms with Gasteiger partial charge in [0.05, 0.1) is 0 Å². The van der Waals surface area contributed by atoms with Crippen LogP contribution in [0.25, 0.3) is 22.2 Å². The maximum Gasteiger partial charge on any atom is 0.130 e. The first-order chi connectivity index (χ1) is 10.1. The zero-order chi connectivity index (χ0) is 14.8. The Morgan fingerprint density at radius 2 is 1.86 bits per heavy atom. The monoisotopic (exact) mass is 277 g/mol. The van der Waals surface area contributed by atoms with E-state index in [0.717, 1.165) is 17.6 Å². The van der Waals surface area contributed by atoms with Crippen LogP contribution in [-0.4, -0.2) is 10.8 Å². The van der Waals surface area contributed by atoms with Crippen molar-refractivity contribution in [2.45, 2.75) is 26.7 Å². The minimum absolute atomic E-state index is 0.232. The van der Waals surface area contributed by atoms with Crippen molar-refractivity contribution in [1.29, 1.82) is 0 Å². The number of ketones is 1. The molecule has 3 aromatic rings. The Balaban J connectivity index is 2.17. The van der Waals surface area contributed by atoms with Crippen LogP contribution in [0.15, 0.2) is 48.5 Å². The number of nitrogens with one attached hydrogen (secondary N) is 1. The highest BCUT2D eigenvalue weighted by Crippen LogP contribution is 2.31. The lowest BCUT2D eigenvalue weighted by atomic mass is 10.00. The topological polar surface area (TPSA) is 32.9 Å². The summed E-state index contributed by atoms with van der Waals surface area (Å²) in [6.45, 7) is 3.75. The normalized spacial score (nSPS) is 11.0. The molecule has 1 heterocycles. The average molecular weight is 277 g/mol. The summed E-state index contributed by atoms with van der Waals surface area (Å²) in [5.41, 5.74) is 5.93. The van der Waals surface area contributed by atoms with Crippen molar-refractivity contribution in [3.05, 3.63) is 59.7 Å². The van der Waals surface area contributed by atoms with Gasteiger partial charge in [-0.05, 0) is 43.0 Å². The molecule has 2 nitrogen and oxygen atoms in total. The largest absolute Gasteiger partial charge is 0.354 e. The number of hydrogen-bond acceptors (Lipinski definition) is 1. The van der Waals surface area contributed by atoms with Gasteiger partial charge in [-0.1, -0.05) is 42.5 Å². The summed E-state index contributed by atoms with van der Waals surface area (Å²) in [6.07, 6.45) is 1.36. The number of benzene rings is 2. The number of Topliss-reactive ketones (excluding diaryl/α,β-unsaturated/α-hetero) is 1. The van der Waals surface area contributed by atoms with Gasteiger partial charge in [-0.3, -0.25) is 0 Å². The second-order valence-corrected chi connectivity index (χ2v) is 5.60. The Kier molecular flexibility index (Phi) is 3.61. The minimum Gasteiger partial charge on any atom is -0.354 e. The van der Waals surface area contributed by atoms with Crippen LogP contribution in [0.2, 0.25) is 0 Å². The Hall–Kier alpha value is -2.35. The number of fused-ring (bicyclic) bond motifs is 1. The number of aromatic amines is 1. The number of carbonyl (C=O) groups is 1. The zero-order valence-electron chi connectivity index (χ0n) is 12.4. The summed E-state index contributed by atoms with van der Waals surface area (Å²) < 4.78 is 0. The molecule has 0 aliphatic carbocycles. The summed E-state index contributed by atoms with van der Waals surface area (Å²) >= 11 is 0. The fourth-order valence-electron chi connectivity index (χ4n) is 2.78. The molecule has 0 saturated heterocycles. The van der Waals surface area contributed by atoms with Crippen molar-refractivity contribution in [1.82, 2.24) is 4.98 Å². The summed E-state index contributed by atoms with van der Waals surface area (Å²) in [7, 11) is 0. The molecule has 0 atom stereocenters. The zero-order valence-corrected chi connectivity index (χ0v) is 12.4. The molecule has 0 radical (unpaired) electrons. The molecule has 2 aromatic carbocycles. The molecular formula is C19H19NO. The number of carbonyl (C=O) groups excluding carboxylic acids is 1. The Labute approximate surface area is 124 Å². The van der Waals surface area contributed by atoms with Gasteiger partial charge in [0.25, 0.3) is 0 Å². The molecule has 1 N–H and O–H groups in total. The minimum atomic E-state index is 0.232. The SMILES string of the molecule is CC(=O)CCc1c(-c2ccccc2)[nH]c2cc(C)ccc12. The predicted molar refractivity (Wildman–Crippen MR) is 87.5 cm³/mol. The standard InChI is InChI=1S/C19H19NO/c1-13-8-10-16-17(11-9-14(2)21)19(20-18(16)12-13)15-6-4-3-5-7-15/h3-8,10,12,20H,9,11H2,1-2H3. The van der Waals surface area contributed by atoms with Crippen molar-refractivity contribution in [2.24, 2.45) is 0 Å². The van der Waals surface area contributed by atoms with Crippen LogP contribution in [0.4, 0.5) is 0 Å². The summed E-state index contributed by atoms with van der Waals surface area (Å²) in [5, 5.41) is 1.22. The molecule has 3 rings (SSSR count). The van der Waals surface area contributed by atoms with Crippen LogP contribution < -0.4 is 0 Å². The van der Waals surface area contributed by atoms with Crippen molar-refractivity contribution in [3.8, 4) is 11.3 Å². The molecule has 106 valence electrons. The first-order valence-corrected chi connectivity index (χ1v) is 7.31. The second kappa shape index (κ2) is 5.57. The van der Waals surface area contributed by atoms with Gasteiger partial charge in [-0.25, -0.2) is 0 Å². The highest BCUT2D eigenvalue weighted by Gasteiger charge is 2.13. The van der Waals surface area contributed by atoms with Gasteiger partial charge in [-0.15, -0.1) is 0 Å². The highest BCUT2D eigenvalue weighted by atomic mass is 16.1. The van der Waals surface area contributed by atoms with Crippen molar-refractivity contribution >= 4 is 16.7 Å². The van der Waals surface area contributed by atoms with Crippen LogP contribution in [0.3, 0.4) is 0 Å². The molecule has 0 fully saturated rings. The van der Waals surface area contributed by atoms with E-state index >= 15 is 0 Å². The smallest absolute Gasteiger partial charge is 0.130 e. The van der Waals surface area contributed by atoms with Crippen molar-refractivity contribution in [3.63, 3.8) is 0 Å². The van der Waals surface area contributed by atoms with Crippen molar-refractivity contribution in [2.75, 3.05) is 0 Å². The van der Waals surface area contributed by atoms with E-state index in [-0.39, 0.29) is 5.78 Å². The van der Waals surface area contributed by atoms with E-state index in [2.05, 4.69) is 42.2 Å². The van der Waals surface area contributed by atoms with Crippen LogP contribution in [0.5, 0.6) is 0 Å². The van der Waals surface area contributed by atoms with Crippen LogP contribution in [-0.2, 0) is 11.2 Å². The summed E-state index contributed by atoms with van der Waals surface area (Å²) in [6, 6.07) is 16.8. The third-order valence-electron chi connectivity index (χ3n) is 3.85. The Morgan fingerprint density at radius 3 is 2.57 bits per heavy atom. The fraction of sp³-hybridized carbons (Fsp3) is 0.211. The number of aromatic nitrogens is 1. The molecule has 0 aliphatic heterocycles. The highest BCUT2D eigenvalue weighted by molar-refractivity contribution is 5.91. The van der Waals surface area contributed by atoms with E-state index in [1.807, 2.05) is 18.2 Å². The molecule has 0 spiro atoms. The number of H-pyrrole nitrogens is 1. The molecule has 2 heteroatoms. The van der Waals surface area contributed by atoms with E-state index in [1.54, 1.807) is 6.92 Å². The molecule has 21 heavy (non-hydrogen) atoms. The maximum atomic E-state index is 11.4.